The molecule has 1 atom stereocenters. The summed E-state index contributed by atoms with van der Waals surface area (Å²) in [5.41, 5.74) is 6.52. The number of carbonyl (C=O) groups is 1. The summed E-state index contributed by atoms with van der Waals surface area (Å²) in [5, 5.41) is 15.8. The first-order valence-corrected chi connectivity index (χ1v) is 4.69. The van der Waals surface area contributed by atoms with Crippen molar-refractivity contribution in [3.05, 3.63) is 29.7 Å². The van der Waals surface area contributed by atoms with E-state index in [1.54, 1.807) is 0 Å². The Morgan fingerprint density at radius 2 is 2.38 bits per heavy atom. The largest absolute Gasteiger partial charge is 0.480 e. The van der Waals surface area contributed by atoms with Crippen molar-refractivity contribution in [2.24, 2.45) is 5.73 Å². The van der Waals surface area contributed by atoms with Gasteiger partial charge in [0.15, 0.2) is 0 Å². The van der Waals surface area contributed by atoms with Gasteiger partial charge in [-0.15, -0.1) is 0 Å². The minimum Gasteiger partial charge on any atom is -0.480 e. The zero-order chi connectivity index (χ0) is 11.7. The van der Waals surface area contributed by atoms with Crippen LogP contribution in [0.2, 0.25) is 0 Å². The van der Waals surface area contributed by atoms with E-state index in [-0.39, 0.29) is 12.2 Å². The van der Waals surface area contributed by atoms with Crippen molar-refractivity contribution in [1.82, 2.24) is 10.2 Å². The number of carboxylic acid groups (broad SMARTS) is 1. The molecule has 1 aromatic carbocycles. The minimum absolute atomic E-state index is 0.0925. The lowest BCUT2D eigenvalue weighted by Gasteiger charge is -2.03. The van der Waals surface area contributed by atoms with Crippen LogP contribution in [0.4, 0.5) is 4.39 Å². The fourth-order valence-corrected chi connectivity index (χ4v) is 1.50. The first-order valence-electron chi connectivity index (χ1n) is 4.69. The third-order valence-corrected chi connectivity index (χ3v) is 2.34. The molecule has 0 aliphatic heterocycles. The van der Waals surface area contributed by atoms with Crippen LogP contribution in [0.5, 0.6) is 0 Å². The Morgan fingerprint density at radius 1 is 1.62 bits per heavy atom. The summed E-state index contributed by atoms with van der Waals surface area (Å²) in [6.45, 7) is 0. The highest BCUT2D eigenvalue weighted by Crippen LogP contribution is 2.18. The highest BCUT2D eigenvalue weighted by molar-refractivity contribution is 5.82. The molecule has 0 saturated carbocycles. The topological polar surface area (TPSA) is 92.0 Å². The van der Waals surface area contributed by atoms with E-state index in [1.807, 2.05) is 0 Å². The molecule has 0 saturated heterocycles. The number of rotatable bonds is 3. The van der Waals surface area contributed by atoms with Gasteiger partial charge in [0.05, 0.1) is 5.52 Å². The molecule has 16 heavy (non-hydrogen) atoms. The first kappa shape index (κ1) is 10.6. The summed E-state index contributed by atoms with van der Waals surface area (Å²) in [6, 6.07) is 3.11. The predicted molar refractivity (Wildman–Crippen MR) is 55.4 cm³/mol. The van der Waals surface area contributed by atoms with Gasteiger partial charge in [-0.3, -0.25) is 9.89 Å². The van der Waals surface area contributed by atoms with E-state index in [2.05, 4.69) is 10.2 Å². The molecule has 4 N–H and O–H groups in total. The summed E-state index contributed by atoms with van der Waals surface area (Å²) >= 11 is 0. The Kier molecular flexibility index (Phi) is 2.57. The SMILES string of the molecule is N[C@@H](Cc1[nH]nc2ccc(F)cc12)C(=O)O. The summed E-state index contributed by atoms with van der Waals surface area (Å²) in [6.07, 6.45) is 0.0925. The summed E-state index contributed by atoms with van der Waals surface area (Å²) in [5.74, 6) is -1.49. The van der Waals surface area contributed by atoms with Gasteiger partial charge in [-0.1, -0.05) is 0 Å². The molecule has 6 heteroatoms. The van der Waals surface area contributed by atoms with Crippen LogP contribution in [-0.4, -0.2) is 27.3 Å². The van der Waals surface area contributed by atoms with E-state index in [4.69, 9.17) is 10.8 Å². The van der Waals surface area contributed by atoms with Gasteiger partial charge in [0, 0.05) is 17.5 Å². The van der Waals surface area contributed by atoms with Gasteiger partial charge in [-0.05, 0) is 18.2 Å². The van der Waals surface area contributed by atoms with Crippen LogP contribution in [-0.2, 0) is 11.2 Å². The standard InChI is InChI=1S/C10H10FN3O2/c11-5-1-2-8-6(3-5)9(14-13-8)4-7(12)10(15)16/h1-3,7H,4,12H2,(H,13,14)(H,15,16)/t7-/m0/s1. The monoisotopic (exact) mass is 223 g/mol. The number of hydrogen-bond acceptors (Lipinski definition) is 3. The third-order valence-electron chi connectivity index (χ3n) is 2.34. The number of aliphatic carboxylic acids is 1. The third kappa shape index (κ3) is 1.87. The Morgan fingerprint density at radius 3 is 3.06 bits per heavy atom. The van der Waals surface area contributed by atoms with Crippen LogP contribution < -0.4 is 5.73 Å². The van der Waals surface area contributed by atoms with Crippen LogP contribution in [0.3, 0.4) is 0 Å². The number of nitrogens with two attached hydrogens (primary N) is 1. The van der Waals surface area contributed by atoms with Gasteiger partial charge >= 0.3 is 5.97 Å². The summed E-state index contributed by atoms with van der Waals surface area (Å²) in [4.78, 5) is 10.6. The number of fused-ring (bicyclic) bond motifs is 1. The molecule has 2 aromatic rings. The van der Waals surface area contributed by atoms with Gasteiger partial charge in [-0.2, -0.15) is 5.10 Å². The average molecular weight is 223 g/mol. The number of aromatic nitrogens is 2. The second-order valence-corrected chi connectivity index (χ2v) is 3.51. The van der Waals surface area contributed by atoms with Gasteiger partial charge in [0.2, 0.25) is 0 Å². The van der Waals surface area contributed by atoms with Crippen molar-refractivity contribution in [2.75, 3.05) is 0 Å². The highest BCUT2D eigenvalue weighted by atomic mass is 19.1. The zero-order valence-corrected chi connectivity index (χ0v) is 8.27. The average Bonchev–Trinajstić information content (AvgIpc) is 2.61. The number of benzene rings is 1. The number of H-pyrrole nitrogens is 1. The maximum Gasteiger partial charge on any atom is 0.320 e. The van der Waals surface area contributed by atoms with Gasteiger partial charge in [0.1, 0.15) is 11.9 Å². The van der Waals surface area contributed by atoms with Crippen LogP contribution in [0.15, 0.2) is 18.2 Å². The van der Waals surface area contributed by atoms with E-state index in [9.17, 15) is 9.18 Å². The molecule has 5 nitrogen and oxygen atoms in total. The lowest BCUT2D eigenvalue weighted by Crippen LogP contribution is -2.32. The normalized spacial score (nSPS) is 12.9. The van der Waals surface area contributed by atoms with Crippen LogP contribution >= 0.6 is 0 Å². The molecule has 1 heterocycles. The molecular formula is C10H10FN3O2. The fraction of sp³-hybridized carbons (Fsp3) is 0.200. The molecular weight excluding hydrogens is 213 g/mol. The maximum absolute atomic E-state index is 13.0. The molecule has 1 aromatic heterocycles. The summed E-state index contributed by atoms with van der Waals surface area (Å²) < 4.78 is 13.0. The second-order valence-electron chi connectivity index (χ2n) is 3.51. The number of nitrogens with zero attached hydrogens (tertiary/aromatic N) is 1. The van der Waals surface area contributed by atoms with E-state index in [0.717, 1.165) is 0 Å². The van der Waals surface area contributed by atoms with E-state index in [0.29, 0.717) is 16.6 Å². The quantitative estimate of drug-likeness (QED) is 0.712. The van der Waals surface area contributed by atoms with Gasteiger partial charge in [-0.25, -0.2) is 4.39 Å². The molecule has 0 radical (unpaired) electrons. The molecule has 0 aliphatic rings. The van der Waals surface area contributed by atoms with Crippen molar-refractivity contribution < 1.29 is 14.3 Å². The second kappa shape index (κ2) is 3.90. The highest BCUT2D eigenvalue weighted by Gasteiger charge is 2.15. The lowest BCUT2D eigenvalue weighted by atomic mass is 10.1. The zero-order valence-electron chi connectivity index (χ0n) is 8.27. The molecule has 0 aliphatic carbocycles. The molecule has 2 rings (SSSR count). The molecule has 0 bridgehead atoms. The number of hydrogen-bond donors (Lipinski definition) is 3. The first-order chi connectivity index (χ1) is 7.58. The molecule has 0 amide bonds. The van der Waals surface area contributed by atoms with Crippen LogP contribution in [0.25, 0.3) is 10.9 Å². The molecule has 0 unspecified atom stereocenters. The van der Waals surface area contributed by atoms with Crippen molar-refractivity contribution in [2.45, 2.75) is 12.5 Å². The summed E-state index contributed by atoms with van der Waals surface area (Å²) in [7, 11) is 0. The number of carboxylic acids is 1. The van der Waals surface area contributed by atoms with Crippen molar-refractivity contribution in [1.29, 1.82) is 0 Å². The predicted octanol–water partition coefficient (Wildman–Crippen LogP) is 0.656. The van der Waals surface area contributed by atoms with Gasteiger partial charge < -0.3 is 10.8 Å². The number of halogens is 1. The maximum atomic E-state index is 13.0. The molecule has 0 fully saturated rings. The molecule has 84 valence electrons. The van der Waals surface area contributed by atoms with E-state index < -0.39 is 12.0 Å². The van der Waals surface area contributed by atoms with E-state index >= 15 is 0 Å². The van der Waals surface area contributed by atoms with Gasteiger partial charge in [0.25, 0.3) is 0 Å². The molecule has 0 spiro atoms. The van der Waals surface area contributed by atoms with Crippen LogP contribution in [0.1, 0.15) is 5.69 Å². The number of aromatic amines is 1. The van der Waals surface area contributed by atoms with Crippen molar-refractivity contribution >= 4 is 16.9 Å². The Labute approximate surface area is 90.1 Å². The minimum atomic E-state index is -1.10. The Balaban J connectivity index is 2.37. The smallest absolute Gasteiger partial charge is 0.320 e. The van der Waals surface area contributed by atoms with Crippen molar-refractivity contribution in [3.63, 3.8) is 0 Å². The lowest BCUT2D eigenvalue weighted by molar-refractivity contribution is -0.138. The Bertz CT molecular complexity index is 538. The number of nitrogens with one attached hydrogen (secondary N) is 1. The van der Waals surface area contributed by atoms with Crippen molar-refractivity contribution in [3.8, 4) is 0 Å². The van der Waals surface area contributed by atoms with E-state index in [1.165, 1.54) is 18.2 Å². The van der Waals surface area contributed by atoms with Crippen LogP contribution in [0, 0.1) is 5.82 Å². The fourth-order valence-electron chi connectivity index (χ4n) is 1.50. The Hall–Kier alpha value is -1.95.